The Morgan fingerprint density at radius 1 is 1.00 bits per heavy atom. The van der Waals surface area contributed by atoms with E-state index in [0.29, 0.717) is 27.6 Å². The number of aryl methyl sites for hydroxylation is 2. The van der Waals surface area contributed by atoms with E-state index < -0.39 is 0 Å². The van der Waals surface area contributed by atoms with Crippen molar-refractivity contribution in [1.29, 1.82) is 0 Å². The first kappa shape index (κ1) is 25.2. The van der Waals surface area contributed by atoms with Crippen molar-refractivity contribution in [2.75, 3.05) is 16.8 Å². The molecule has 3 aromatic heterocycles. The highest BCUT2D eigenvalue weighted by Crippen LogP contribution is 2.28. The first-order chi connectivity index (χ1) is 19.3. The zero-order valence-electron chi connectivity index (χ0n) is 22.0. The van der Waals surface area contributed by atoms with Crippen molar-refractivity contribution in [3.63, 3.8) is 0 Å². The van der Waals surface area contributed by atoms with Gasteiger partial charge < -0.3 is 16.8 Å². The molecule has 198 valence electrons. The minimum absolute atomic E-state index is 0.0765. The maximum absolute atomic E-state index is 13.9. The molecule has 0 unspecified atom stereocenters. The van der Waals surface area contributed by atoms with Gasteiger partial charge in [-0.15, -0.1) is 0 Å². The second kappa shape index (κ2) is 9.90. The molecule has 0 aliphatic rings. The molecule has 3 aromatic carbocycles. The van der Waals surface area contributed by atoms with E-state index in [1.165, 1.54) is 17.7 Å². The van der Waals surface area contributed by atoms with Gasteiger partial charge in [-0.1, -0.05) is 47.7 Å². The molecule has 6 aromatic rings. The number of benzene rings is 3. The molecule has 3 heterocycles. The summed E-state index contributed by atoms with van der Waals surface area (Å²) in [5.41, 5.74) is 18.1. The standard InChI is InChI=1S/C30H26N8OS/c1-16-6-3-4-9-22(16)38-20(12-18-8-5-7-17(2)24(18)29(38)39)14-34-28-25(27(32)35-15-36-28)26(31)19-10-11-21-23(13-19)40-30(33)37-21/h3-13,15,31H,14H2,1-2H3,(H2,33,37)(H3,32,34,35,36)/p+1. The molecule has 0 amide bonds. The fraction of sp³-hybridized carbons (Fsp3) is 0.100. The Morgan fingerprint density at radius 2 is 1.80 bits per heavy atom. The van der Waals surface area contributed by atoms with Crippen molar-refractivity contribution >= 4 is 54.8 Å². The second-order valence-corrected chi connectivity index (χ2v) is 10.6. The minimum atomic E-state index is -0.0765. The van der Waals surface area contributed by atoms with Gasteiger partial charge in [0.2, 0.25) is 5.71 Å². The van der Waals surface area contributed by atoms with Gasteiger partial charge in [-0.2, -0.15) is 0 Å². The van der Waals surface area contributed by atoms with Crippen LogP contribution in [0.15, 0.2) is 77.9 Å². The second-order valence-electron chi connectivity index (χ2n) is 9.59. The van der Waals surface area contributed by atoms with Gasteiger partial charge in [-0.3, -0.25) is 14.8 Å². The number of nitrogens with two attached hydrogens (primary N) is 3. The van der Waals surface area contributed by atoms with Crippen LogP contribution in [0, 0.1) is 13.8 Å². The van der Waals surface area contributed by atoms with Crippen LogP contribution in [0.3, 0.4) is 0 Å². The number of pyridine rings is 1. The quantitative estimate of drug-likeness (QED) is 0.233. The van der Waals surface area contributed by atoms with Gasteiger partial charge in [0.15, 0.2) is 5.13 Å². The molecule has 6 rings (SSSR count). The monoisotopic (exact) mass is 547 g/mol. The normalized spacial score (nSPS) is 11.2. The highest BCUT2D eigenvalue weighted by Gasteiger charge is 2.22. The molecule has 0 spiro atoms. The summed E-state index contributed by atoms with van der Waals surface area (Å²) >= 11 is 1.39. The maximum atomic E-state index is 13.9. The number of thiazole rings is 1. The molecule has 0 bridgehead atoms. The summed E-state index contributed by atoms with van der Waals surface area (Å²) in [5, 5.41) is 12.1. The molecule has 0 aliphatic heterocycles. The molecule has 0 radical (unpaired) electrons. The fourth-order valence-electron chi connectivity index (χ4n) is 5.03. The highest BCUT2D eigenvalue weighted by molar-refractivity contribution is 7.22. The number of nitrogen functional groups attached to an aromatic ring is 2. The first-order valence-electron chi connectivity index (χ1n) is 12.7. The Morgan fingerprint density at radius 3 is 2.62 bits per heavy atom. The number of aromatic nitrogens is 4. The lowest BCUT2D eigenvalue weighted by Crippen LogP contribution is -2.42. The van der Waals surface area contributed by atoms with E-state index in [1.54, 1.807) is 4.57 Å². The van der Waals surface area contributed by atoms with E-state index in [9.17, 15) is 4.79 Å². The van der Waals surface area contributed by atoms with Gasteiger partial charge in [0.1, 0.15) is 23.5 Å². The molecule has 0 atom stereocenters. The van der Waals surface area contributed by atoms with Crippen molar-refractivity contribution in [1.82, 2.24) is 19.5 Å². The summed E-state index contributed by atoms with van der Waals surface area (Å²) in [6, 6.07) is 21.4. The predicted molar refractivity (Wildman–Crippen MR) is 162 cm³/mol. The van der Waals surface area contributed by atoms with Gasteiger partial charge in [0.05, 0.1) is 27.8 Å². The first-order valence-corrected chi connectivity index (χ1v) is 13.5. The lowest BCUT2D eigenvalue weighted by molar-refractivity contribution is -0.111. The third-order valence-electron chi connectivity index (χ3n) is 6.99. The number of nitrogens with one attached hydrogen (secondary N) is 1. The van der Waals surface area contributed by atoms with E-state index >= 15 is 0 Å². The molecule has 40 heavy (non-hydrogen) atoms. The van der Waals surface area contributed by atoms with Gasteiger partial charge in [0.25, 0.3) is 5.56 Å². The number of hydrogen-bond acceptors (Lipinski definition) is 8. The molecular formula is C30H27N8OS+. The topological polar surface area (TPSA) is 150 Å². The van der Waals surface area contributed by atoms with Crippen molar-refractivity contribution in [2.24, 2.45) is 0 Å². The van der Waals surface area contributed by atoms with E-state index in [1.807, 2.05) is 80.6 Å². The van der Waals surface area contributed by atoms with Gasteiger partial charge >= 0.3 is 0 Å². The summed E-state index contributed by atoms with van der Waals surface area (Å²) in [7, 11) is 0. The maximum Gasteiger partial charge on any atom is 0.263 e. The van der Waals surface area contributed by atoms with E-state index in [2.05, 4.69) is 20.3 Å². The summed E-state index contributed by atoms with van der Waals surface area (Å²) in [5.74, 6) is 0.700. The Bertz CT molecular complexity index is 2010. The smallest absolute Gasteiger partial charge is 0.263 e. The zero-order valence-corrected chi connectivity index (χ0v) is 22.8. The molecular weight excluding hydrogens is 520 g/mol. The average Bonchev–Trinajstić information content (AvgIpc) is 3.31. The van der Waals surface area contributed by atoms with Crippen LogP contribution >= 0.6 is 11.3 Å². The van der Waals surface area contributed by atoms with Gasteiger partial charge in [-0.05, 0) is 60.7 Å². The fourth-order valence-corrected chi connectivity index (χ4v) is 5.80. The lowest BCUT2D eigenvalue weighted by Gasteiger charge is -2.18. The van der Waals surface area contributed by atoms with Crippen LogP contribution in [0.1, 0.15) is 27.9 Å². The Labute approximate surface area is 233 Å². The van der Waals surface area contributed by atoms with Crippen LogP contribution < -0.4 is 27.8 Å². The van der Waals surface area contributed by atoms with Gasteiger partial charge in [-0.25, -0.2) is 15.0 Å². The predicted octanol–water partition coefficient (Wildman–Crippen LogP) is 3.38. The Hall–Kier alpha value is -5.09. The van der Waals surface area contributed by atoms with Crippen molar-refractivity contribution in [2.45, 2.75) is 20.4 Å². The largest absolute Gasteiger partial charge is 0.383 e. The van der Waals surface area contributed by atoms with E-state index in [0.717, 1.165) is 43.7 Å². The highest BCUT2D eigenvalue weighted by atomic mass is 32.1. The number of fused-ring (bicyclic) bond motifs is 2. The summed E-state index contributed by atoms with van der Waals surface area (Å²) in [6.07, 6.45) is 1.39. The van der Waals surface area contributed by atoms with Crippen LogP contribution in [0.25, 0.3) is 26.7 Å². The van der Waals surface area contributed by atoms with E-state index in [4.69, 9.17) is 16.9 Å². The van der Waals surface area contributed by atoms with Crippen LogP contribution in [-0.4, -0.2) is 25.2 Å². The number of nitrogens with zero attached hydrogens (tertiary/aromatic N) is 4. The van der Waals surface area contributed by atoms with Crippen LogP contribution in [-0.2, 0) is 6.54 Å². The van der Waals surface area contributed by atoms with Crippen molar-refractivity contribution in [3.8, 4) is 5.69 Å². The zero-order chi connectivity index (χ0) is 28.0. The van der Waals surface area contributed by atoms with E-state index in [-0.39, 0.29) is 17.9 Å². The molecule has 0 fully saturated rings. The number of anilines is 3. The number of para-hydroxylation sites is 1. The molecule has 0 aliphatic carbocycles. The lowest BCUT2D eigenvalue weighted by atomic mass is 10.0. The third kappa shape index (κ3) is 4.34. The molecule has 0 saturated heterocycles. The Balaban J connectivity index is 1.43. The van der Waals surface area contributed by atoms with Crippen molar-refractivity contribution < 1.29 is 5.41 Å². The van der Waals surface area contributed by atoms with Crippen LogP contribution in [0.5, 0.6) is 0 Å². The minimum Gasteiger partial charge on any atom is -0.383 e. The molecule has 7 N–H and O–H groups in total. The van der Waals surface area contributed by atoms with Crippen LogP contribution in [0.2, 0.25) is 0 Å². The third-order valence-corrected chi connectivity index (χ3v) is 7.83. The SMILES string of the molecule is Cc1ccccc1-n1c(CNc2ncnc(N)c2C(=[NH2+])c2ccc3nc(N)sc3c2)cc2cccc(C)c2c1=O. The Kier molecular flexibility index (Phi) is 6.24. The molecule has 10 heteroatoms. The molecule has 0 saturated carbocycles. The molecule has 9 nitrogen and oxygen atoms in total. The summed E-state index contributed by atoms with van der Waals surface area (Å²) < 4.78 is 2.67. The summed E-state index contributed by atoms with van der Waals surface area (Å²) in [6.45, 7) is 4.23. The van der Waals surface area contributed by atoms with Gasteiger partial charge in [0, 0.05) is 11.3 Å². The average molecular weight is 548 g/mol. The van der Waals surface area contributed by atoms with Crippen LogP contribution in [0.4, 0.5) is 16.8 Å². The number of rotatable bonds is 6. The number of hydrogen-bond donors (Lipinski definition) is 4. The van der Waals surface area contributed by atoms with Crippen molar-refractivity contribution in [3.05, 3.63) is 111 Å². The summed E-state index contributed by atoms with van der Waals surface area (Å²) in [4.78, 5) is 26.9.